The number of rotatable bonds is 5. The molecule has 0 aromatic rings. The third-order valence-electron chi connectivity index (χ3n) is 2.37. The van der Waals surface area contributed by atoms with Gasteiger partial charge in [0, 0.05) is 19.6 Å². The Bertz CT molecular complexity index is 328. The van der Waals surface area contributed by atoms with Gasteiger partial charge >= 0.3 is 5.97 Å². The molecule has 0 aromatic carbocycles. The lowest BCUT2D eigenvalue weighted by Gasteiger charge is -2.15. The fourth-order valence-corrected chi connectivity index (χ4v) is 2.84. The number of hydrogen-bond donors (Lipinski definition) is 2. The van der Waals surface area contributed by atoms with E-state index in [2.05, 4.69) is 4.72 Å². The van der Waals surface area contributed by atoms with E-state index in [0.29, 0.717) is 13.0 Å². The lowest BCUT2D eigenvalue weighted by atomic mass is 10.1. The topological polar surface area (TPSA) is 86.7 Å². The molecule has 1 aliphatic heterocycles. The van der Waals surface area contributed by atoms with Crippen LogP contribution in [0.15, 0.2) is 0 Å². The van der Waals surface area contributed by atoms with E-state index in [0.717, 1.165) is 6.42 Å². The van der Waals surface area contributed by atoms with Crippen LogP contribution in [0.2, 0.25) is 0 Å². The van der Waals surface area contributed by atoms with Crippen molar-refractivity contribution < 1.29 is 18.3 Å². The van der Waals surface area contributed by atoms with Crippen LogP contribution < -0.4 is 4.72 Å². The van der Waals surface area contributed by atoms with Crippen LogP contribution in [-0.4, -0.2) is 43.4 Å². The fraction of sp³-hybridized carbons (Fsp3) is 0.875. The SMILES string of the molecule is CCCNS(=O)(=O)N1CCC(C(=O)O)C1. The molecule has 0 radical (unpaired) electrons. The molecular formula is C8H16N2O4S. The second kappa shape index (κ2) is 4.91. The van der Waals surface area contributed by atoms with E-state index >= 15 is 0 Å². The molecule has 0 aliphatic carbocycles. The van der Waals surface area contributed by atoms with Crippen LogP contribution in [-0.2, 0) is 15.0 Å². The van der Waals surface area contributed by atoms with E-state index in [1.807, 2.05) is 6.92 Å². The minimum Gasteiger partial charge on any atom is -0.481 e. The quantitative estimate of drug-likeness (QED) is 0.682. The van der Waals surface area contributed by atoms with Crippen LogP contribution in [0.25, 0.3) is 0 Å². The molecular weight excluding hydrogens is 220 g/mol. The molecule has 1 fully saturated rings. The number of aliphatic carboxylic acids is 1. The number of nitrogens with zero attached hydrogens (tertiary/aromatic N) is 1. The molecule has 0 saturated carbocycles. The molecule has 0 amide bonds. The molecule has 0 spiro atoms. The molecule has 1 aliphatic rings. The van der Waals surface area contributed by atoms with E-state index in [1.165, 1.54) is 4.31 Å². The average Bonchev–Trinajstić information content (AvgIpc) is 2.64. The van der Waals surface area contributed by atoms with Gasteiger partial charge in [0.15, 0.2) is 0 Å². The molecule has 0 aromatic heterocycles. The minimum absolute atomic E-state index is 0.0778. The van der Waals surface area contributed by atoms with Crippen molar-refractivity contribution >= 4 is 16.2 Å². The van der Waals surface area contributed by atoms with Crippen LogP contribution in [0.5, 0.6) is 0 Å². The van der Waals surface area contributed by atoms with Crippen LogP contribution >= 0.6 is 0 Å². The summed E-state index contributed by atoms with van der Waals surface area (Å²) in [6.07, 6.45) is 1.11. The van der Waals surface area contributed by atoms with Crippen molar-refractivity contribution in [3.8, 4) is 0 Å². The maximum atomic E-state index is 11.6. The largest absolute Gasteiger partial charge is 0.481 e. The summed E-state index contributed by atoms with van der Waals surface area (Å²) in [6.45, 7) is 2.62. The monoisotopic (exact) mass is 236 g/mol. The lowest BCUT2D eigenvalue weighted by molar-refractivity contribution is -0.141. The first-order valence-corrected chi connectivity index (χ1v) is 6.39. The second-order valence-corrected chi connectivity index (χ2v) is 5.34. The predicted octanol–water partition coefficient (Wildman–Crippen LogP) is -0.363. The summed E-state index contributed by atoms with van der Waals surface area (Å²) >= 11 is 0. The average molecular weight is 236 g/mol. The zero-order valence-electron chi connectivity index (χ0n) is 8.64. The molecule has 0 bridgehead atoms. The molecule has 1 unspecified atom stereocenters. The first-order valence-electron chi connectivity index (χ1n) is 4.95. The standard InChI is InChI=1S/C8H16N2O4S/c1-2-4-9-15(13,14)10-5-3-7(6-10)8(11)12/h7,9H,2-6H2,1H3,(H,11,12). The molecule has 6 nitrogen and oxygen atoms in total. The Balaban J connectivity index is 2.56. The van der Waals surface area contributed by atoms with E-state index in [-0.39, 0.29) is 13.1 Å². The first-order chi connectivity index (χ1) is 6.97. The van der Waals surface area contributed by atoms with Gasteiger partial charge < -0.3 is 5.11 Å². The number of carbonyl (C=O) groups is 1. The van der Waals surface area contributed by atoms with Crippen LogP contribution in [0.3, 0.4) is 0 Å². The zero-order valence-corrected chi connectivity index (χ0v) is 9.46. The summed E-state index contributed by atoms with van der Waals surface area (Å²) < 4.78 is 26.8. The van der Waals surface area contributed by atoms with Crippen molar-refractivity contribution in [2.45, 2.75) is 19.8 Å². The summed E-state index contributed by atoms with van der Waals surface area (Å²) in [5.41, 5.74) is 0. The number of carboxylic acid groups (broad SMARTS) is 1. The molecule has 1 atom stereocenters. The number of hydrogen-bond acceptors (Lipinski definition) is 3. The summed E-state index contributed by atoms with van der Waals surface area (Å²) in [5.74, 6) is -1.49. The van der Waals surface area contributed by atoms with Gasteiger partial charge in [0.2, 0.25) is 0 Å². The van der Waals surface area contributed by atoms with Gasteiger partial charge in [-0.25, -0.2) is 4.72 Å². The maximum Gasteiger partial charge on any atom is 0.307 e. The molecule has 1 rings (SSSR count). The molecule has 1 heterocycles. The number of carboxylic acids is 1. The van der Waals surface area contributed by atoms with Crippen molar-refractivity contribution in [1.29, 1.82) is 0 Å². The van der Waals surface area contributed by atoms with Gasteiger partial charge in [-0.3, -0.25) is 4.79 Å². The summed E-state index contributed by atoms with van der Waals surface area (Å²) in [6, 6.07) is 0. The Morgan fingerprint density at radius 1 is 1.60 bits per heavy atom. The van der Waals surface area contributed by atoms with Crippen molar-refractivity contribution in [1.82, 2.24) is 9.03 Å². The third kappa shape index (κ3) is 3.15. The van der Waals surface area contributed by atoms with Crippen LogP contribution in [0.4, 0.5) is 0 Å². The highest BCUT2D eigenvalue weighted by molar-refractivity contribution is 7.87. The lowest BCUT2D eigenvalue weighted by Crippen LogP contribution is -2.40. The van der Waals surface area contributed by atoms with E-state index < -0.39 is 22.1 Å². The molecule has 15 heavy (non-hydrogen) atoms. The van der Waals surface area contributed by atoms with Crippen molar-refractivity contribution in [3.63, 3.8) is 0 Å². The van der Waals surface area contributed by atoms with Gasteiger partial charge in [-0.2, -0.15) is 12.7 Å². The zero-order chi connectivity index (χ0) is 11.5. The maximum absolute atomic E-state index is 11.6. The van der Waals surface area contributed by atoms with Crippen molar-refractivity contribution in [3.05, 3.63) is 0 Å². The van der Waals surface area contributed by atoms with E-state index in [1.54, 1.807) is 0 Å². The minimum atomic E-state index is -3.47. The predicted molar refractivity (Wildman–Crippen MR) is 54.5 cm³/mol. The molecule has 7 heteroatoms. The van der Waals surface area contributed by atoms with Gasteiger partial charge in [0.1, 0.15) is 0 Å². The van der Waals surface area contributed by atoms with Crippen LogP contribution in [0, 0.1) is 5.92 Å². The highest BCUT2D eigenvalue weighted by Crippen LogP contribution is 2.18. The Labute approximate surface area is 89.4 Å². The third-order valence-corrected chi connectivity index (χ3v) is 3.96. The second-order valence-electron chi connectivity index (χ2n) is 3.58. The van der Waals surface area contributed by atoms with Gasteiger partial charge in [0.05, 0.1) is 5.92 Å². The van der Waals surface area contributed by atoms with E-state index in [4.69, 9.17) is 5.11 Å². The van der Waals surface area contributed by atoms with Gasteiger partial charge in [-0.1, -0.05) is 6.92 Å². The molecule has 2 N–H and O–H groups in total. The van der Waals surface area contributed by atoms with E-state index in [9.17, 15) is 13.2 Å². The smallest absolute Gasteiger partial charge is 0.307 e. The number of nitrogens with one attached hydrogen (secondary N) is 1. The Hall–Kier alpha value is -0.660. The Morgan fingerprint density at radius 2 is 2.27 bits per heavy atom. The summed E-state index contributed by atoms with van der Waals surface area (Å²) in [7, 11) is -3.47. The highest BCUT2D eigenvalue weighted by Gasteiger charge is 2.34. The Morgan fingerprint density at radius 3 is 2.73 bits per heavy atom. The first kappa shape index (κ1) is 12.4. The molecule has 88 valence electrons. The van der Waals surface area contributed by atoms with Crippen molar-refractivity contribution in [2.75, 3.05) is 19.6 Å². The summed E-state index contributed by atoms with van der Waals surface area (Å²) in [5, 5.41) is 8.73. The fourth-order valence-electron chi connectivity index (χ4n) is 1.47. The summed E-state index contributed by atoms with van der Waals surface area (Å²) in [4.78, 5) is 10.6. The van der Waals surface area contributed by atoms with Gasteiger partial charge in [-0.15, -0.1) is 0 Å². The van der Waals surface area contributed by atoms with Gasteiger partial charge in [0.25, 0.3) is 10.2 Å². The normalized spacial score (nSPS) is 23.1. The van der Waals surface area contributed by atoms with Gasteiger partial charge in [-0.05, 0) is 12.8 Å². The van der Waals surface area contributed by atoms with Crippen LogP contribution in [0.1, 0.15) is 19.8 Å². The highest BCUT2D eigenvalue weighted by atomic mass is 32.2. The molecule has 1 saturated heterocycles. The van der Waals surface area contributed by atoms with Crippen molar-refractivity contribution in [2.24, 2.45) is 5.92 Å². The Kier molecular flexibility index (Phi) is 4.06.